The fourth-order valence-electron chi connectivity index (χ4n) is 4.89. The number of fused-ring (bicyclic) bond motifs is 1. The summed E-state index contributed by atoms with van der Waals surface area (Å²) in [7, 11) is 5.12. The summed E-state index contributed by atoms with van der Waals surface area (Å²) in [5.41, 5.74) is 2.18. The molecule has 2 aromatic heterocycles. The van der Waals surface area contributed by atoms with E-state index < -0.39 is 23.8 Å². The third kappa shape index (κ3) is 5.29. The molecular formula is C29H30F3N7O2. The van der Waals surface area contributed by atoms with Crippen LogP contribution in [0.2, 0.25) is 0 Å². The highest BCUT2D eigenvalue weighted by molar-refractivity contribution is 5.96. The van der Waals surface area contributed by atoms with Crippen LogP contribution in [0.5, 0.6) is 5.88 Å². The zero-order valence-corrected chi connectivity index (χ0v) is 23.3. The fourth-order valence-corrected chi connectivity index (χ4v) is 4.89. The number of likely N-dealkylation sites (N-methyl/N-ethyl adjacent to an activating group) is 1. The Morgan fingerprint density at radius 3 is 2.51 bits per heavy atom. The van der Waals surface area contributed by atoms with Crippen molar-refractivity contribution < 1.29 is 22.7 Å². The molecule has 2 aromatic carbocycles. The first-order chi connectivity index (χ1) is 19.6. The van der Waals surface area contributed by atoms with Crippen molar-refractivity contribution in [3.05, 3.63) is 71.4 Å². The standard InChI is InChI=1S/C29H30F3N7O2/c1-16(20-7-6-8-21(25(20)30)26(31)32)34-27-22-13-18(9-10-23(22)35-17(2)36-27)38(4)19-14-24(28(41-5)33-15-19)39-12-11-37(3)29(39)40/h6-10,13-16,26H,11-12H2,1-5H3,(H,34,35,36)/t16-/m1/s1. The summed E-state index contributed by atoms with van der Waals surface area (Å²) < 4.78 is 46.9. The predicted molar refractivity (Wildman–Crippen MR) is 152 cm³/mol. The van der Waals surface area contributed by atoms with Gasteiger partial charge in [0.2, 0.25) is 5.88 Å². The molecule has 0 unspecified atom stereocenters. The molecule has 0 radical (unpaired) electrons. The number of carbonyl (C=O) groups is 1. The molecule has 214 valence electrons. The summed E-state index contributed by atoms with van der Waals surface area (Å²) >= 11 is 0. The highest BCUT2D eigenvalue weighted by atomic mass is 19.3. The maximum atomic E-state index is 14.9. The Kier molecular flexibility index (Phi) is 7.57. The lowest BCUT2D eigenvalue weighted by molar-refractivity contribution is 0.146. The van der Waals surface area contributed by atoms with E-state index in [0.29, 0.717) is 52.9 Å². The van der Waals surface area contributed by atoms with Gasteiger partial charge in [0.05, 0.1) is 36.1 Å². The lowest BCUT2D eigenvalue weighted by Gasteiger charge is -2.24. The number of methoxy groups -OCH3 is 1. The van der Waals surface area contributed by atoms with Crippen molar-refractivity contribution in [3.63, 3.8) is 0 Å². The van der Waals surface area contributed by atoms with E-state index in [1.54, 1.807) is 36.9 Å². The van der Waals surface area contributed by atoms with Gasteiger partial charge in [0.15, 0.2) is 0 Å². The Hall–Kier alpha value is -4.61. The van der Waals surface area contributed by atoms with Gasteiger partial charge in [-0.25, -0.2) is 32.9 Å². The fraction of sp³-hybridized carbons (Fsp3) is 0.310. The Bertz CT molecular complexity index is 1620. The van der Waals surface area contributed by atoms with Crippen LogP contribution in [0.3, 0.4) is 0 Å². The van der Waals surface area contributed by atoms with Crippen molar-refractivity contribution in [1.29, 1.82) is 0 Å². The van der Waals surface area contributed by atoms with Crippen molar-refractivity contribution in [2.24, 2.45) is 0 Å². The van der Waals surface area contributed by atoms with E-state index in [1.165, 1.54) is 19.2 Å². The molecule has 1 fully saturated rings. The lowest BCUT2D eigenvalue weighted by atomic mass is 10.0. The molecule has 9 nitrogen and oxygen atoms in total. The van der Waals surface area contributed by atoms with Gasteiger partial charge in [0.1, 0.15) is 23.1 Å². The van der Waals surface area contributed by atoms with Crippen LogP contribution in [-0.2, 0) is 0 Å². The molecule has 4 aromatic rings. The number of aromatic nitrogens is 3. The molecule has 1 aliphatic rings. The second-order valence-electron chi connectivity index (χ2n) is 9.87. The van der Waals surface area contributed by atoms with Crippen LogP contribution in [0, 0.1) is 12.7 Å². The molecule has 0 aliphatic carbocycles. The van der Waals surface area contributed by atoms with Gasteiger partial charge >= 0.3 is 6.03 Å². The van der Waals surface area contributed by atoms with Gasteiger partial charge < -0.3 is 19.9 Å². The van der Waals surface area contributed by atoms with E-state index >= 15 is 0 Å². The van der Waals surface area contributed by atoms with Crippen LogP contribution in [-0.4, -0.2) is 60.2 Å². The first-order valence-corrected chi connectivity index (χ1v) is 13.0. The highest BCUT2D eigenvalue weighted by Gasteiger charge is 2.30. The molecule has 41 heavy (non-hydrogen) atoms. The SMILES string of the molecule is COc1ncc(N(C)c2ccc3nc(C)nc(N[C@H](C)c4cccc(C(F)F)c4F)c3c2)cc1N1CCN(C)C1=O. The number of benzene rings is 2. The van der Waals surface area contributed by atoms with Crippen molar-refractivity contribution in [2.45, 2.75) is 26.3 Å². The summed E-state index contributed by atoms with van der Waals surface area (Å²) in [6.07, 6.45) is -1.26. The van der Waals surface area contributed by atoms with Crippen molar-refractivity contribution in [3.8, 4) is 5.88 Å². The van der Waals surface area contributed by atoms with Crippen molar-refractivity contribution in [2.75, 3.05) is 49.4 Å². The third-order valence-electron chi connectivity index (χ3n) is 7.20. The molecule has 1 N–H and O–H groups in total. The molecule has 0 bridgehead atoms. The molecule has 1 saturated heterocycles. The molecule has 0 spiro atoms. The monoisotopic (exact) mass is 565 g/mol. The summed E-state index contributed by atoms with van der Waals surface area (Å²) in [4.78, 5) is 31.3. The van der Waals surface area contributed by atoms with Crippen LogP contribution in [0.25, 0.3) is 10.9 Å². The Morgan fingerprint density at radius 1 is 1.07 bits per heavy atom. The summed E-state index contributed by atoms with van der Waals surface area (Å²) in [5.74, 6) is 0.344. The third-order valence-corrected chi connectivity index (χ3v) is 7.20. The van der Waals surface area contributed by atoms with Crippen molar-refractivity contribution in [1.82, 2.24) is 19.9 Å². The van der Waals surface area contributed by atoms with Gasteiger partial charge in [0.25, 0.3) is 6.43 Å². The number of hydrogen-bond donors (Lipinski definition) is 1. The highest BCUT2D eigenvalue weighted by Crippen LogP contribution is 2.36. The molecule has 3 heterocycles. The topological polar surface area (TPSA) is 86.7 Å². The Labute approximate surface area is 235 Å². The minimum Gasteiger partial charge on any atom is -0.480 e. The molecule has 2 amide bonds. The zero-order chi connectivity index (χ0) is 29.4. The molecule has 1 atom stereocenters. The lowest BCUT2D eigenvalue weighted by Crippen LogP contribution is -2.29. The minimum absolute atomic E-state index is 0.111. The number of amides is 2. The molecule has 0 saturated carbocycles. The summed E-state index contributed by atoms with van der Waals surface area (Å²) in [6, 6.07) is 10.7. The van der Waals surface area contributed by atoms with E-state index in [-0.39, 0.29) is 11.6 Å². The number of halogens is 3. The minimum atomic E-state index is -2.92. The average Bonchev–Trinajstić information content (AvgIpc) is 3.29. The molecule has 12 heteroatoms. The van der Waals surface area contributed by atoms with Gasteiger partial charge in [-0.2, -0.15) is 0 Å². The number of anilines is 4. The number of nitrogens with zero attached hydrogens (tertiary/aromatic N) is 6. The number of rotatable bonds is 8. The van der Waals surface area contributed by atoms with E-state index in [9.17, 15) is 18.0 Å². The summed E-state index contributed by atoms with van der Waals surface area (Å²) in [6.45, 7) is 4.54. The maximum absolute atomic E-state index is 14.9. The zero-order valence-electron chi connectivity index (χ0n) is 23.3. The van der Waals surface area contributed by atoms with E-state index in [2.05, 4.69) is 20.3 Å². The number of alkyl halides is 2. The van der Waals surface area contributed by atoms with Gasteiger partial charge in [-0.15, -0.1) is 0 Å². The maximum Gasteiger partial charge on any atom is 0.324 e. The Morgan fingerprint density at radius 2 is 1.83 bits per heavy atom. The number of urea groups is 1. The average molecular weight is 566 g/mol. The van der Waals surface area contributed by atoms with Crippen LogP contribution in [0.4, 0.5) is 40.8 Å². The van der Waals surface area contributed by atoms with E-state index in [1.807, 2.05) is 36.2 Å². The summed E-state index contributed by atoms with van der Waals surface area (Å²) in [5, 5.41) is 3.86. The second-order valence-corrected chi connectivity index (χ2v) is 9.87. The number of nitrogens with one attached hydrogen (secondary N) is 1. The molecular weight excluding hydrogens is 535 g/mol. The number of aryl methyl sites for hydroxylation is 1. The second kappa shape index (κ2) is 11.1. The quantitative estimate of drug-likeness (QED) is 0.271. The molecule has 1 aliphatic heterocycles. The predicted octanol–water partition coefficient (Wildman–Crippen LogP) is 6.23. The van der Waals surface area contributed by atoms with Gasteiger partial charge in [0, 0.05) is 43.8 Å². The van der Waals surface area contributed by atoms with Gasteiger partial charge in [-0.05, 0) is 38.1 Å². The number of carbonyl (C=O) groups excluding carboxylic acids is 1. The number of pyridine rings is 1. The van der Waals surface area contributed by atoms with Crippen LogP contribution in [0.1, 0.15) is 36.3 Å². The van der Waals surface area contributed by atoms with Gasteiger partial charge in [-0.3, -0.25) is 4.90 Å². The van der Waals surface area contributed by atoms with E-state index in [0.717, 1.165) is 11.8 Å². The van der Waals surface area contributed by atoms with Crippen LogP contribution < -0.4 is 19.9 Å². The molecule has 5 rings (SSSR count). The normalized spacial score (nSPS) is 14.2. The van der Waals surface area contributed by atoms with Gasteiger partial charge in [-0.1, -0.05) is 18.2 Å². The largest absolute Gasteiger partial charge is 0.480 e. The Balaban J connectivity index is 1.50. The van der Waals surface area contributed by atoms with Crippen molar-refractivity contribution >= 4 is 39.8 Å². The number of ether oxygens (including phenoxy) is 1. The van der Waals surface area contributed by atoms with Crippen LogP contribution in [0.15, 0.2) is 48.7 Å². The first-order valence-electron chi connectivity index (χ1n) is 13.0. The van der Waals surface area contributed by atoms with E-state index in [4.69, 9.17) is 4.74 Å². The number of hydrogen-bond acceptors (Lipinski definition) is 7. The van der Waals surface area contributed by atoms with Crippen LogP contribution >= 0.6 is 0 Å². The smallest absolute Gasteiger partial charge is 0.324 e. The first kappa shape index (κ1) is 27.9.